The number of halogens is 1. The first-order chi connectivity index (χ1) is 13.5. The number of benzene rings is 1. The number of carbonyl (C=O) groups excluding carboxylic acids is 2. The molecule has 7 nitrogen and oxygen atoms in total. The van der Waals surface area contributed by atoms with Gasteiger partial charge in [0, 0.05) is 12.4 Å². The summed E-state index contributed by atoms with van der Waals surface area (Å²) in [6, 6.07) is 8.88. The van der Waals surface area contributed by atoms with Crippen molar-refractivity contribution in [2.24, 2.45) is 0 Å². The smallest absolute Gasteiger partial charge is 0.296 e. The van der Waals surface area contributed by atoms with Crippen molar-refractivity contribution in [3.05, 3.63) is 89.1 Å². The summed E-state index contributed by atoms with van der Waals surface area (Å²) in [6.45, 7) is 1.67. The zero-order valence-electron chi connectivity index (χ0n) is 14.7. The van der Waals surface area contributed by atoms with Crippen molar-refractivity contribution in [1.29, 1.82) is 0 Å². The summed E-state index contributed by atoms with van der Waals surface area (Å²) < 4.78 is 18.8. The van der Waals surface area contributed by atoms with Crippen LogP contribution in [-0.4, -0.2) is 26.8 Å². The highest BCUT2D eigenvalue weighted by Gasteiger charge is 2.46. The van der Waals surface area contributed by atoms with Gasteiger partial charge >= 0.3 is 0 Å². The number of rotatable bonds is 4. The Hall–Kier alpha value is -3.81. The number of carbonyl (C=O) groups is 2. The lowest BCUT2D eigenvalue weighted by atomic mass is 9.95. The molecule has 0 radical (unpaired) electrons. The molecular formula is C20H14FN3O4. The highest BCUT2D eigenvalue weighted by atomic mass is 19.1. The highest BCUT2D eigenvalue weighted by Crippen LogP contribution is 2.40. The van der Waals surface area contributed by atoms with Gasteiger partial charge in [0.05, 0.1) is 11.6 Å². The fraction of sp³-hybridized carbons (Fsp3) is 0.100. The van der Waals surface area contributed by atoms with Crippen LogP contribution in [0.25, 0.3) is 0 Å². The second-order valence-electron chi connectivity index (χ2n) is 6.18. The van der Waals surface area contributed by atoms with Gasteiger partial charge in [0.1, 0.15) is 11.6 Å². The topological polar surface area (TPSA) is 96.5 Å². The standard InChI is InChI=1S/C20H14FN3O4/c1-11-3-8-14(28-11)17(25)15-16(12-4-6-13(21)7-5-12)24(19(27)18(15)26)20-22-9-2-10-23-20/h2-10,16,26H,1H3/t16-/m0/s1. The van der Waals surface area contributed by atoms with E-state index in [9.17, 15) is 19.1 Å². The summed E-state index contributed by atoms with van der Waals surface area (Å²) >= 11 is 0. The van der Waals surface area contributed by atoms with Crippen molar-refractivity contribution in [1.82, 2.24) is 9.97 Å². The number of hydrogen-bond donors (Lipinski definition) is 1. The molecule has 4 rings (SSSR count). The number of furan rings is 1. The average molecular weight is 379 g/mol. The summed E-state index contributed by atoms with van der Waals surface area (Å²) in [5, 5.41) is 10.5. The van der Waals surface area contributed by atoms with Crippen LogP contribution >= 0.6 is 0 Å². The number of aryl methyl sites for hydroxylation is 1. The van der Waals surface area contributed by atoms with Gasteiger partial charge in [0.25, 0.3) is 5.91 Å². The molecule has 140 valence electrons. The molecule has 1 atom stereocenters. The molecule has 1 aromatic carbocycles. The number of hydrogen-bond acceptors (Lipinski definition) is 6. The van der Waals surface area contributed by atoms with Crippen LogP contribution in [0, 0.1) is 12.7 Å². The second kappa shape index (κ2) is 6.73. The normalized spacial score (nSPS) is 16.7. The van der Waals surface area contributed by atoms with E-state index >= 15 is 0 Å². The van der Waals surface area contributed by atoms with E-state index in [4.69, 9.17) is 4.42 Å². The number of anilines is 1. The van der Waals surface area contributed by atoms with Crippen LogP contribution < -0.4 is 4.90 Å². The first-order valence-corrected chi connectivity index (χ1v) is 8.37. The molecule has 3 aromatic rings. The zero-order valence-corrected chi connectivity index (χ0v) is 14.7. The lowest BCUT2D eigenvalue weighted by molar-refractivity contribution is -0.117. The quantitative estimate of drug-likeness (QED) is 0.699. The van der Waals surface area contributed by atoms with Crippen LogP contribution in [0.15, 0.2) is 70.6 Å². The Labute approximate surface area is 158 Å². The maximum absolute atomic E-state index is 13.4. The van der Waals surface area contributed by atoms with Crippen LogP contribution in [-0.2, 0) is 4.79 Å². The predicted octanol–water partition coefficient (Wildman–Crippen LogP) is 3.30. The van der Waals surface area contributed by atoms with E-state index in [1.54, 1.807) is 19.1 Å². The van der Waals surface area contributed by atoms with Crippen molar-refractivity contribution in [3.63, 3.8) is 0 Å². The van der Waals surface area contributed by atoms with E-state index < -0.39 is 29.3 Å². The number of nitrogens with zero attached hydrogens (tertiary/aromatic N) is 3. The van der Waals surface area contributed by atoms with Gasteiger partial charge in [0.15, 0.2) is 11.5 Å². The summed E-state index contributed by atoms with van der Waals surface area (Å²) in [5.41, 5.74) is 0.233. The predicted molar refractivity (Wildman–Crippen MR) is 96.1 cm³/mol. The minimum absolute atomic E-state index is 0.00630. The SMILES string of the molecule is Cc1ccc(C(=O)C2=C(O)C(=O)N(c3ncccn3)[C@H]2c2ccc(F)cc2)o1. The molecule has 1 aliphatic rings. The van der Waals surface area contributed by atoms with Gasteiger partial charge in [-0.1, -0.05) is 12.1 Å². The number of ketones is 1. The first kappa shape index (κ1) is 17.6. The van der Waals surface area contributed by atoms with Gasteiger partial charge < -0.3 is 9.52 Å². The molecule has 3 heterocycles. The van der Waals surface area contributed by atoms with Crippen LogP contribution in [0.5, 0.6) is 0 Å². The Bertz CT molecular complexity index is 1090. The van der Waals surface area contributed by atoms with Gasteiger partial charge in [-0.3, -0.25) is 14.5 Å². The number of aliphatic hydroxyl groups excluding tert-OH is 1. The first-order valence-electron chi connectivity index (χ1n) is 8.37. The fourth-order valence-corrected chi connectivity index (χ4v) is 3.11. The van der Waals surface area contributed by atoms with Crippen LogP contribution in [0.2, 0.25) is 0 Å². The van der Waals surface area contributed by atoms with Gasteiger partial charge in [-0.2, -0.15) is 0 Å². The van der Waals surface area contributed by atoms with Gasteiger partial charge in [0.2, 0.25) is 11.7 Å². The van der Waals surface area contributed by atoms with Crippen molar-refractivity contribution < 1.29 is 23.5 Å². The zero-order chi connectivity index (χ0) is 19.8. The third-order valence-corrected chi connectivity index (χ3v) is 4.37. The van der Waals surface area contributed by atoms with Gasteiger partial charge in [-0.25, -0.2) is 14.4 Å². The van der Waals surface area contributed by atoms with Crippen LogP contribution in [0.3, 0.4) is 0 Å². The molecule has 0 aliphatic carbocycles. The van der Waals surface area contributed by atoms with Crippen molar-refractivity contribution in [2.75, 3.05) is 4.90 Å². The van der Waals surface area contributed by atoms with E-state index in [0.717, 1.165) is 4.90 Å². The Balaban J connectivity index is 1.88. The molecule has 0 spiro atoms. The second-order valence-corrected chi connectivity index (χ2v) is 6.18. The van der Waals surface area contributed by atoms with E-state index in [2.05, 4.69) is 9.97 Å². The van der Waals surface area contributed by atoms with Crippen molar-refractivity contribution in [3.8, 4) is 0 Å². The third-order valence-electron chi connectivity index (χ3n) is 4.37. The van der Waals surface area contributed by atoms with Crippen LogP contribution in [0.4, 0.5) is 10.3 Å². The molecule has 0 bridgehead atoms. The third kappa shape index (κ3) is 2.84. The largest absolute Gasteiger partial charge is 0.503 e. The van der Waals surface area contributed by atoms with E-state index in [-0.39, 0.29) is 17.3 Å². The molecule has 1 N–H and O–H groups in total. The highest BCUT2D eigenvalue weighted by molar-refractivity contribution is 6.19. The lowest BCUT2D eigenvalue weighted by Gasteiger charge is -2.24. The van der Waals surface area contributed by atoms with Gasteiger partial charge in [-0.05, 0) is 42.8 Å². The number of amides is 1. The van der Waals surface area contributed by atoms with Crippen molar-refractivity contribution >= 4 is 17.6 Å². The molecule has 1 aliphatic heterocycles. The van der Waals surface area contributed by atoms with E-state index in [0.29, 0.717) is 11.3 Å². The number of Topliss-reactive ketones (excluding diaryl/α,β-unsaturated/α-hetero) is 1. The molecule has 2 aromatic heterocycles. The average Bonchev–Trinajstić information content (AvgIpc) is 3.25. The minimum atomic E-state index is -1.03. The minimum Gasteiger partial charge on any atom is -0.503 e. The van der Waals surface area contributed by atoms with Crippen molar-refractivity contribution in [2.45, 2.75) is 13.0 Å². The monoisotopic (exact) mass is 379 g/mol. The molecule has 0 fully saturated rings. The Kier molecular flexibility index (Phi) is 4.23. The Morgan fingerprint density at radius 3 is 2.43 bits per heavy atom. The number of aromatic nitrogens is 2. The summed E-state index contributed by atoms with van der Waals surface area (Å²) in [4.78, 5) is 35.0. The Morgan fingerprint density at radius 2 is 1.82 bits per heavy atom. The molecule has 0 unspecified atom stereocenters. The molecule has 8 heteroatoms. The number of aliphatic hydroxyl groups is 1. The van der Waals surface area contributed by atoms with Gasteiger partial charge in [-0.15, -0.1) is 0 Å². The summed E-state index contributed by atoms with van der Waals surface area (Å²) in [7, 11) is 0. The molecule has 0 saturated carbocycles. The molecule has 1 amide bonds. The maximum Gasteiger partial charge on any atom is 0.296 e. The Morgan fingerprint density at radius 1 is 1.14 bits per heavy atom. The molecular weight excluding hydrogens is 365 g/mol. The maximum atomic E-state index is 13.4. The van der Waals surface area contributed by atoms with E-state index in [1.807, 2.05) is 0 Å². The fourth-order valence-electron chi connectivity index (χ4n) is 3.11. The summed E-state index contributed by atoms with van der Waals surface area (Å²) in [6.07, 6.45) is 2.87. The summed E-state index contributed by atoms with van der Waals surface area (Å²) in [5.74, 6) is -2.17. The lowest BCUT2D eigenvalue weighted by Crippen LogP contribution is -2.32. The van der Waals surface area contributed by atoms with Crippen LogP contribution in [0.1, 0.15) is 27.9 Å². The molecule has 28 heavy (non-hydrogen) atoms. The molecule has 0 saturated heterocycles. The van der Waals surface area contributed by atoms with E-state index in [1.165, 1.54) is 42.7 Å².